The maximum atomic E-state index is 13.3. The first-order valence-corrected chi connectivity index (χ1v) is 13.6. The zero-order valence-corrected chi connectivity index (χ0v) is 20.3. The van der Waals surface area contributed by atoms with E-state index in [1.165, 1.54) is 5.69 Å². The zero-order chi connectivity index (χ0) is 22.6. The van der Waals surface area contributed by atoms with Crippen LogP contribution in [0.3, 0.4) is 0 Å². The van der Waals surface area contributed by atoms with Crippen LogP contribution in [0.2, 0.25) is 0 Å². The van der Waals surface area contributed by atoms with Crippen LogP contribution in [0.1, 0.15) is 33.2 Å². The minimum atomic E-state index is 0.0856. The Bertz CT molecular complexity index is 1120. The summed E-state index contributed by atoms with van der Waals surface area (Å²) in [6, 6.07) is 10.6. The Balaban J connectivity index is 1.29. The molecule has 0 saturated carbocycles. The molecule has 8 heteroatoms. The van der Waals surface area contributed by atoms with Gasteiger partial charge in [0.25, 0.3) is 5.91 Å². The minimum Gasteiger partial charge on any atom is -0.336 e. The van der Waals surface area contributed by atoms with Gasteiger partial charge in [-0.2, -0.15) is 16.9 Å². The van der Waals surface area contributed by atoms with E-state index in [1.807, 2.05) is 45.6 Å². The van der Waals surface area contributed by atoms with Crippen molar-refractivity contribution < 1.29 is 4.79 Å². The number of nitrogens with one attached hydrogen (secondary N) is 1. The number of carbonyl (C=O) groups excluding carboxylic acids is 1. The van der Waals surface area contributed by atoms with Gasteiger partial charge in [0, 0.05) is 59.4 Å². The third-order valence-corrected chi connectivity index (χ3v) is 8.10. The number of nitrogens with zero attached hydrogens (tertiary/aromatic N) is 4. The van der Waals surface area contributed by atoms with Crippen molar-refractivity contribution in [3.8, 4) is 11.3 Å². The zero-order valence-electron chi connectivity index (χ0n) is 18.7. The van der Waals surface area contributed by atoms with Crippen LogP contribution in [0, 0.1) is 0 Å². The summed E-state index contributed by atoms with van der Waals surface area (Å²) < 4.78 is 1.98. The highest BCUT2D eigenvalue weighted by Crippen LogP contribution is 2.27. The highest BCUT2D eigenvalue weighted by molar-refractivity contribution is 7.99. The third-order valence-electron chi connectivity index (χ3n) is 6.31. The molecule has 1 aromatic carbocycles. The average molecular weight is 480 g/mol. The van der Waals surface area contributed by atoms with Crippen LogP contribution >= 0.6 is 23.1 Å². The molecule has 6 nitrogen and oxygen atoms in total. The highest BCUT2D eigenvalue weighted by Gasteiger charge is 2.31. The van der Waals surface area contributed by atoms with Gasteiger partial charge in [-0.1, -0.05) is 36.4 Å². The van der Waals surface area contributed by atoms with Gasteiger partial charge < -0.3 is 10.2 Å². The molecule has 2 aliphatic rings. The number of fused-ring (bicyclic) bond motifs is 1. The Morgan fingerprint density at radius 1 is 1.24 bits per heavy atom. The van der Waals surface area contributed by atoms with E-state index < -0.39 is 0 Å². The Hall–Kier alpha value is -2.42. The summed E-state index contributed by atoms with van der Waals surface area (Å²) in [5, 5.41) is 11.7. The lowest BCUT2D eigenvalue weighted by Gasteiger charge is -2.27. The van der Waals surface area contributed by atoms with Gasteiger partial charge in [-0.05, 0) is 19.3 Å². The first-order chi connectivity index (χ1) is 16.2. The molecule has 1 unspecified atom stereocenters. The number of aromatic nitrogens is 3. The van der Waals surface area contributed by atoms with Gasteiger partial charge >= 0.3 is 0 Å². The topological polar surface area (TPSA) is 63.1 Å². The fraction of sp³-hybridized carbons (Fsp3) is 0.400. The first-order valence-electron chi connectivity index (χ1n) is 11.5. The molecule has 1 amide bonds. The third kappa shape index (κ3) is 4.93. The molecule has 1 saturated heterocycles. The highest BCUT2D eigenvalue weighted by atomic mass is 32.2. The van der Waals surface area contributed by atoms with Gasteiger partial charge in [-0.3, -0.25) is 9.48 Å². The molecule has 1 aliphatic carbocycles. The van der Waals surface area contributed by atoms with Gasteiger partial charge in [0.15, 0.2) is 5.69 Å². The maximum absolute atomic E-state index is 13.3. The molecule has 0 bridgehead atoms. The number of amides is 1. The summed E-state index contributed by atoms with van der Waals surface area (Å²) in [7, 11) is 0. The molecule has 0 radical (unpaired) electrons. The summed E-state index contributed by atoms with van der Waals surface area (Å²) in [6.07, 6.45) is 4.63. The standard InChI is InChI=1S/C25H29N5OS2/c1-2-10-30-22-9-8-19(15-20(22)24(28-30)25(31)29-11-13-32-14-12-29)26-16-23-27-21(17-33-23)18-6-4-3-5-7-18/h2-7,17,19,26H,1,8-16H2. The normalized spacial score (nSPS) is 18.2. The lowest BCUT2D eigenvalue weighted by Crippen LogP contribution is -2.39. The number of allylic oxidation sites excluding steroid dienone is 1. The van der Waals surface area contributed by atoms with Crippen molar-refractivity contribution in [2.24, 2.45) is 0 Å². The Morgan fingerprint density at radius 2 is 2.06 bits per heavy atom. The SMILES string of the molecule is C=CCn1nc(C(=O)N2CCSCC2)c2c1CCC(NCc1nc(-c3ccccc3)cs1)C2. The number of rotatable bonds is 7. The van der Waals surface area contributed by atoms with E-state index in [0.717, 1.165) is 72.2 Å². The number of thiazole rings is 1. The summed E-state index contributed by atoms with van der Waals surface area (Å²) in [4.78, 5) is 20.1. The van der Waals surface area contributed by atoms with Crippen LogP contribution < -0.4 is 5.32 Å². The molecule has 1 atom stereocenters. The fourth-order valence-corrected chi connectivity index (χ4v) is 6.25. The number of hydrogen-bond donors (Lipinski definition) is 1. The van der Waals surface area contributed by atoms with Gasteiger partial charge in [0.1, 0.15) is 5.01 Å². The summed E-state index contributed by atoms with van der Waals surface area (Å²) >= 11 is 3.60. The maximum Gasteiger partial charge on any atom is 0.274 e. The quantitative estimate of drug-likeness (QED) is 0.519. The molecule has 1 fully saturated rings. The van der Waals surface area contributed by atoms with E-state index in [0.29, 0.717) is 18.3 Å². The molecular weight excluding hydrogens is 450 g/mol. The van der Waals surface area contributed by atoms with Gasteiger partial charge in [-0.25, -0.2) is 4.98 Å². The molecule has 0 spiro atoms. The Morgan fingerprint density at radius 3 is 2.85 bits per heavy atom. The number of carbonyl (C=O) groups is 1. The van der Waals surface area contributed by atoms with Crippen LogP contribution in [-0.4, -0.2) is 56.2 Å². The molecule has 5 rings (SSSR count). The molecular formula is C25H29N5OS2. The number of benzene rings is 1. The van der Waals surface area contributed by atoms with E-state index in [9.17, 15) is 4.79 Å². The molecule has 33 heavy (non-hydrogen) atoms. The van der Waals surface area contributed by atoms with Crippen molar-refractivity contribution in [2.45, 2.75) is 38.4 Å². The van der Waals surface area contributed by atoms with E-state index in [4.69, 9.17) is 10.1 Å². The summed E-state index contributed by atoms with van der Waals surface area (Å²) in [6.45, 7) is 6.87. The number of hydrogen-bond acceptors (Lipinski definition) is 6. The molecule has 3 aromatic rings. The second kappa shape index (κ2) is 10.2. The van der Waals surface area contributed by atoms with Crippen LogP contribution in [0.5, 0.6) is 0 Å². The van der Waals surface area contributed by atoms with E-state index in [-0.39, 0.29) is 5.91 Å². The molecule has 2 aromatic heterocycles. The Kier molecular flexibility index (Phi) is 6.94. The summed E-state index contributed by atoms with van der Waals surface area (Å²) in [5.41, 5.74) is 5.14. The van der Waals surface area contributed by atoms with Crippen molar-refractivity contribution in [3.63, 3.8) is 0 Å². The lowest BCUT2D eigenvalue weighted by molar-refractivity contribution is 0.0764. The van der Waals surface area contributed by atoms with Crippen LogP contribution in [0.25, 0.3) is 11.3 Å². The second-order valence-electron chi connectivity index (χ2n) is 8.46. The fourth-order valence-electron chi connectivity index (χ4n) is 4.59. The van der Waals surface area contributed by atoms with Crippen molar-refractivity contribution in [2.75, 3.05) is 24.6 Å². The van der Waals surface area contributed by atoms with Crippen LogP contribution in [-0.2, 0) is 25.9 Å². The second-order valence-corrected chi connectivity index (χ2v) is 10.6. The van der Waals surface area contributed by atoms with E-state index >= 15 is 0 Å². The minimum absolute atomic E-state index is 0.0856. The van der Waals surface area contributed by atoms with Crippen molar-refractivity contribution >= 4 is 29.0 Å². The molecule has 1 N–H and O–H groups in total. The predicted octanol–water partition coefficient (Wildman–Crippen LogP) is 4.03. The lowest BCUT2D eigenvalue weighted by atomic mass is 9.91. The largest absolute Gasteiger partial charge is 0.336 e. The van der Waals surface area contributed by atoms with Crippen molar-refractivity contribution in [3.05, 3.63) is 70.3 Å². The smallest absolute Gasteiger partial charge is 0.274 e. The molecule has 3 heterocycles. The van der Waals surface area contributed by atoms with Crippen LogP contribution in [0.4, 0.5) is 0 Å². The molecule has 172 valence electrons. The monoisotopic (exact) mass is 479 g/mol. The van der Waals surface area contributed by atoms with Gasteiger partial charge in [0.05, 0.1) is 12.2 Å². The predicted molar refractivity (Wildman–Crippen MR) is 136 cm³/mol. The summed E-state index contributed by atoms with van der Waals surface area (Å²) in [5.74, 6) is 2.09. The average Bonchev–Trinajstić information content (AvgIpc) is 3.49. The van der Waals surface area contributed by atoms with Gasteiger partial charge in [0.2, 0.25) is 0 Å². The van der Waals surface area contributed by atoms with Crippen LogP contribution in [0.15, 0.2) is 48.4 Å². The van der Waals surface area contributed by atoms with E-state index in [1.54, 1.807) is 11.3 Å². The van der Waals surface area contributed by atoms with Gasteiger partial charge in [-0.15, -0.1) is 17.9 Å². The first kappa shape index (κ1) is 22.4. The Labute approximate surface area is 203 Å². The van der Waals surface area contributed by atoms with E-state index in [2.05, 4.69) is 29.4 Å². The van der Waals surface area contributed by atoms with Crippen molar-refractivity contribution in [1.29, 1.82) is 0 Å². The number of thioether (sulfide) groups is 1. The van der Waals surface area contributed by atoms with Crippen molar-refractivity contribution in [1.82, 2.24) is 25.0 Å². The molecule has 1 aliphatic heterocycles.